The fourth-order valence-corrected chi connectivity index (χ4v) is 8.95. The van der Waals surface area contributed by atoms with Gasteiger partial charge in [0.05, 0.1) is 31.3 Å². The molecule has 0 aromatic rings. The van der Waals surface area contributed by atoms with E-state index in [0.717, 1.165) is 32.1 Å². The molecule has 5 heteroatoms. The fourth-order valence-electron chi connectivity index (χ4n) is 8.95. The van der Waals surface area contributed by atoms with E-state index in [9.17, 15) is 20.1 Å². The highest BCUT2D eigenvalue weighted by Gasteiger charge is 2.20. The number of hydrogen-bond acceptors (Lipinski definition) is 4. The number of allylic oxidation sites excluding steroid dienone is 3. The Balaban J connectivity index is 3.57. The highest BCUT2D eigenvalue weighted by Crippen LogP contribution is 2.18. The summed E-state index contributed by atoms with van der Waals surface area (Å²) >= 11 is 0. The van der Waals surface area contributed by atoms with Crippen LogP contribution in [0.3, 0.4) is 0 Å². The van der Waals surface area contributed by atoms with Gasteiger partial charge < -0.3 is 20.6 Å². The van der Waals surface area contributed by atoms with Gasteiger partial charge in [0.2, 0.25) is 5.91 Å². The molecule has 62 heavy (non-hydrogen) atoms. The normalized spacial score (nSPS) is 13.4. The second kappa shape index (κ2) is 52.5. The first-order valence-electron chi connectivity index (χ1n) is 28.1. The number of aliphatic hydroxyl groups excluding tert-OH is 3. The minimum absolute atomic E-state index is 0.0104. The zero-order chi connectivity index (χ0) is 45.1. The van der Waals surface area contributed by atoms with Crippen LogP contribution >= 0.6 is 0 Å². The van der Waals surface area contributed by atoms with Crippen molar-refractivity contribution in [3.63, 3.8) is 0 Å². The number of rotatable bonds is 52. The molecule has 0 saturated carbocycles. The van der Waals surface area contributed by atoms with Gasteiger partial charge in [0.1, 0.15) is 0 Å². The van der Waals surface area contributed by atoms with Gasteiger partial charge in [-0.2, -0.15) is 0 Å². The predicted molar refractivity (Wildman–Crippen MR) is 273 cm³/mol. The Morgan fingerprint density at radius 2 is 0.694 bits per heavy atom. The van der Waals surface area contributed by atoms with Gasteiger partial charge in [-0.05, 0) is 32.1 Å². The standard InChI is InChI=1S/C57H111NO4/c1-3-5-7-9-11-13-15-17-19-21-23-25-27-28-29-30-32-34-36-38-40-42-44-46-48-50-54(60)52-57(62)58-55(53-59)56(61)51-49-47-45-43-41-39-37-35-33-31-26-24-22-20-18-16-14-12-10-8-6-4-2/h41,43,49,51,54-56,59-61H,3-40,42,44-48,50,52-53H2,1-2H3,(H,58,62)/b43-41+,51-49+. The van der Waals surface area contributed by atoms with Crippen LogP contribution in [-0.2, 0) is 4.79 Å². The summed E-state index contributed by atoms with van der Waals surface area (Å²) in [7, 11) is 0. The van der Waals surface area contributed by atoms with Crippen LogP contribution < -0.4 is 5.32 Å². The van der Waals surface area contributed by atoms with Gasteiger partial charge in [-0.25, -0.2) is 0 Å². The number of unbranched alkanes of at least 4 members (excludes halogenated alkanes) is 41. The lowest BCUT2D eigenvalue weighted by Crippen LogP contribution is -2.45. The molecule has 0 aromatic carbocycles. The number of hydrogen-bond donors (Lipinski definition) is 4. The highest BCUT2D eigenvalue weighted by atomic mass is 16.3. The first kappa shape index (κ1) is 60.8. The van der Waals surface area contributed by atoms with Crippen LogP contribution in [0.1, 0.15) is 309 Å². The van der Waals surface area contributed by atoms with Gasteiger partial charge in [0.15, 0.2) is 0 Å². The number of amides is 1. The Morgan fingerprint density at radius 1 is 0.403 bits per heavy atom. The molecule has 1 amide bonds. The van der Waals surface area contributed by atoms with Crippen LogP contribution in [0.25, 0.3) is 0 Å². The van der Waals surface area contributed by atoms with Crippen molar-refractivity contribution in [2.75, 3.05) is 6.61 Å². The van der Waals surface area contributed by atoms with Crippen molar-refractivity contribution < 1.29 is 20.1 Å². The van der Waals surface area contributed by atoms with E-state index in [1.54, 1.807) is 6.08 Å². The summed E-state index contributed by atoms with van der Waals surface area (Å²) < 4.78 is 0. The molecule has 4 N–H and O–H groups in total. The minimum Gasteiger partial charge on any atom is -0.394 e. The van der Waals surface area contributed by atoms with Crippen LogP contribution in [0.2, 0.25) is 0 Å². The molecule has 0 aliphatic carbocycles. The van der Waals surface area contributed by atoms with Crippen molar-refractivity contribution in [1.82, 2.24) is 5.32 Å². The Hall–Kier alpha value is -1.17. The van der Waals surface area contributed by atoms with E-state index in [-0.39, 0.29) is 18.9 Å². The topological polar surface area (TPSA) is 89.8 Å². The molecule has 0 saturated heterocycles. The highest BCUT2D eigenvalue weighted by molar-refractivity contribution is 5.76. The summed E-state index contributed by atoms with van der Waals surface area (Å²) in [5, 5.41) is 33.4. The van der Waals surface area contributed by atoms with Gasteiger partial charge >= 0.3 is 0 Å². The molecule has 0 heterocycles. The van der Waals surface area contributed by atoms with E-state index < -0.39 is 18.2 Å². The summed E-state index contributed by atoms with van der Waals surface area (Å²) in [6.07, 6.45) is 66.6. The van der Waals surface area contributed by atoms with Gasteiger partial charge in [-0.1, -0.05) is 295 Å². The van der Waals surface area contributed by atoms with Crippen molar-refractivity contribution >= 4 is 5.91 Å². The van der Waals surface area contributed by atoms with Crippen LogP contribution in [-0.4, -0.2) is 46.1 Å². The van der Waals surface area contributed by atoms with Gasteiger partial charge in [0.25, 0.3) is 0 Å². The lowest BCUT2D eigenvalue weighted by atomic mass is 10.0. The molecule has 3 unspecified atom stereocenters. The second-order valence-electron chi connectivity index (χ2n) is 19.5. The van der Waals surface area contributed by atoms with Crippen molar-refractivity contribution in [2.24, 2.45) is 0 Å². The number of carbonyl (C=O) groups excluding carboxylic acids is 1. The summed E-state index contributed by atoms with van der Waals surface area (Å²) in [5.41, 5.74) is 0. The summed E-state index contributed by atoms with van der Waals surface area (Å²) in [5.74, 6) is -0.319. The Labute approximate surface area is 388 Å². The fraction of sp³-hybridized carbons (Fsp3) is 0.912. The van der Waals surface area contributed by atoms with Crippen molar-refractivity contribution in [3.05, 3.63) is 24.3 Å². The largest absolute Gasteiger partial charge is 0.394 e. The average molecular weight is 875 g/mol. The Morgan fingerprint density at radius 3 is 1.03 bits per heavy atom. The molecular formula is C57H111NO4. The maximum atomic E-state index is 12.5. The first-order valence-corrected chi connectivity index (χ1v) is 28.1. The van der Waals surface area contributed by atoms with E-state index >= 15 is 0 Å². The smallest absolute Gasteiger partial charge is 0.222 e. The van der Waals surface area contributed by atoms with E-state index in [4.69, 9.17) is 0 Å². The minimum atomic E-state index is -0.950. The molecule has 0 aliphatic rings. The van der Waals surface area contributed by atoms with E-state index in [0.29, 0.717) is 6.42 Å². The lowest BCUT2D eigenvalue weighted by Gasteiger charge is -2.21. The molecule has 0 bridgehead atoms. The van der Waals surface area contributed by atoms with Crippen molar-refractivity contribution in [2.45, 2.75) is 327 Å². The molecular weight excluding hydrogens is 763 g/mol. The lowest BCUT2D eigenvalue weighted by molar-refractivity contribution is -0.124. The third kappa shape index (κ3) is 48.3. The number of nitrogens with one attached hydrogen (secondary N) is 1. The van der Waals surface area contributed by atoms with E-state index in [1.807, 2.05) is 6.08 Å². The SMILES string of the molecule is CCCCCCCCCCCCCCCCCC/C=C/CC/C=C/C(O)C(CO)NC(=O)CC(O)CCCCCCCCCCCCCCCCCCCCCCCCCCC. The molecule has 0 aromatic heterocycles. The van der Waals surface area contributed by atoms with Crippen LogP contribution in [0, 0.1) is 0 Å². The summed E-state index contributed by atoms with van der Waals surface area (Å²) in [6, 6.07) is -0.759. The summed E-state index contributed by atoms with van der Waals surface area (Å²) in [6.45, 7) is 4.24. The van der Waals surface area contributed by atoms with E-state index in [2.05, 4.69) is 31.3 Å². The van der Waals surface area contributed by atoms with E-state index in [1.165, 1.54) is 250 Å². The third-order valence-electron chi connectivity index (χ3n) is 13.2. The van der Waals surface area contributed by atoms with Crippen LogP contribution in [0.5, 0.6) is 0 Å². The Kier molecular flexibility index (Phi) is 51.5. The average Bonchev–Trinajstić information content (AvgIpc) is 3.27. The second-order valence-corrected chi connectivity index (χ2v) is 19.5. The molecule has 0 rings (SSSR count). The maximum Gasteiger partial charge on any atom is 0.222 e. The zero-order valence-electron chi connectivity index (χ0n) is 42.0. The maximum absolute atomic E-state index is 12.5. The third-order valence-corrected chi connectivity index (χ3v) is 13.2. The number of aliphatic hydroxyl groups is 3. The molecule has 0 spiro atoms. The molecule has 0 fully saturated rings. The van der Waals surface area contributed by atoms with Gasteiger partial charge in [-0.15, -0.1) is 0 Å². The predicted octanol–water partition coefficient (Wildman–Crippen LogP) is 17.3. The van der Waals surface area contributed by atoms with Crippen LogP contribution in [0.15, 0.2) is 24.3 Å². The Bertz CT molecular complexity index is 920. The molecule has 3 atom stereocenters. The quantitative estimate of drug-likeness (QED) is 0.0362. The van der Waals surface area contributed by atoms with Crippen LogP contribution in [0.4, 0.5) is 0 Å². The van der Waals surface area contributed by atoms with Gasteiger partial charge in [-0.3, -0.25) is 4.79 Å². The zero-order valence-corrected chi connectivity index (χ0v) is 42.0. The molecule has 0 radical (unpaired) electrons. The van der Waals surface area contributed by atoms with Gasteiger partial charge in [0, 0.05) is 0 Å². The first-order chi connectivity index (χ1) is 30.5. The van der Waals surface area contributed by atoms with Crippen molar-refractivity contribution in [1.29, 1.82) is 0 Å². The molecule has 0 aliphatic heterocycles. The summed E-state index contributed by atoms with van der Waals surface area (Å²) in [4.78, 5) is 12.5. The monoisotopic (exact) mass is 874 g/mol. The molecule has 368 valence electrons. The molecule has 5 nitrogen and oxygen atoms in total. The van der Waals surface area contributed by atoms with Crippen molar-refractivity contribution in [3.8, 4) is 0 Å². The number of carbonyl (C=O) groups is 1.